The Kier molecular flexibility index (Phi) is 2.44. The Balaban J connectivity index is 1.90. The highest BCUT2D eigenvalue weighted by atomic mass is 16.7. The fourth-order valence-electron chi connectivity index (χ4n) is 1.78. The maximum atomic E-state index is 5.87. The molecule has 0 radical (unpaired) electrons. The van der Waals surface area contributed by atoms with Crippen molar-refractivity contribution in [3.63, 3.8) is 0 Å². The molecular formula is C13H13N3O2. The second kappa shape index (κ2) is 4.10. The Bertz CT molecular complexity index is 599. The van der Waals surface area contributed by atoms with Crippen LogP contribution in [0.25, 0.3) is 0 Å². The third-order valence-electron chi connectivity index (χ3n) is 2.70. The molecule has 2 aromatic rings. The number of aryl methyl sites for hydroxylation is 1. The zero-order valence-electron chi connectivity index (χ0n) is 9.93. The zero-order valence-corrected chi connectivity index (χ0v) is 9.93. The largest absolute Gasteiger partial charge is 0.454 e. The molecule has 1 aliphatic rings. The van der Waals surface area contributed by atoms with E-state index in [1.807, 2.05) is 37.3 Å². The number of rotatable bonds is 2. The molecule has 0 fully saturated rings. The lowest BCUT2D eigenvalue weighted by molar-refractivity contribution is 0.174. The average Bonchev–Trinajstić information content (AvgIpc) is 2.81. The molecule has 5 nitrogen and oxygen atoms in total. The van der Waals surface area contributed by atoms with Crippen LogP contribution in [-0.4, -0.2) is 11.8 Å². The molecule has 2 heterocycles. The predicted molar refractivity (Wildman–Crippen MR) is 69.2 cm³/mol. The van der Waals surface area contributed by atoms with Gasteiger partial charge < -0.3 is 20.5 Å². The van der Waals surface area contributed by atoms with Crippen molar-refractivity contribution in [2.75, 3.05) is 17.8 Å². The lowest BCUT2D eigenvalue weighted by Crippen LogP contribution is -2.00. The van der Waals surface area contributed by atoms with E-state index in [1.165, 1.54) is 0 Å². The van der Waals surface area contributed by atoms with Gasteiger partial charge in [-0.1, -0.05) is 0 Å². The van der Waals surface area contributed by atoms with Crippen LogP contribution < -0.4 is 20.5 Å². The van der Waals surface area contributed by atoms with E-state index in [4.69, 9.17) is 15.2 Å². The van der Waals surface area contributed by atoms with Crippen LogP contribution in [0.15, 0.2) is 30.3 Å². The van der Waals surface area contributed by atoms with Crippen molar-refractivity contribution >= 4 is 17.2 Å². The number of nitrogen functional groups attached to an aromatic ring is 1. The van der Waals surface area contributed by atoms with Crippen LogP contribution in [0, 0.1) is 6.92 Å². The first-order valence-electron chi connectivity index (χ1n) is 5.62. The van der Waals surface area contributed by atoms with Gasteiger partial charge in [-0.2, -0.15) is 0 Å². The van der Waals surface area contributed by atoms with Crippen molar-refractivity contribution < 1.29 is 9.47 Å². The van der Waals surface area contributed by atoms with E-state index in [0.29, 0.717) is 11.5 Å². The third kappa shape index (κ3) is 1.90. The smallest absolute Gasteiger partial charge is 0.231 e. The number of ether oxygens (including phenoxy) is 2. The SMILES string of the molecule is Cc1ccc(N)c(Nc2ccc3c(c2)OCO3)n1. The summed E-state index contributed by atoms with van der Waals surface area (Å²) < 4.78 is 10.6. The Morgan fingerprint density at radius 3 is 2.89 bits per heavy atom. The van der Waals surface area contributed by atoms with Gasteiger partial charge in [-0.15, -0.1) is 0 Å². The number of nitrogens with zero attached hydrogens (tertiary/aromatic N) is 1. The van der Waals surface area contributed by atoms with Gasteiger partial charge in [0.1, 0.15) is 0 Å². The maximum Gasteiger partial charge on any atom is 0.231 e. The van der Waals surface area contributed by atoms with Crippen molar-refractivity contribution in [2.45, 2.75) is 6.92 Å². The average molecular weight is 243 g/mol. The van der Waals surface area contributed by atoms with Gasteiger partial charge in [0.2, 0.25) is 6.79 Å². The van der Waals surface area contributed by atoms with Gasteiger partial charge in [-0.25, -0.2) is 4.98 Å². The molecule has 1 aromatic heterocycles. The molecule has 0 amide bonds. The number of benzene rings is 1. The number of anilines is 3. The van der Waals surface area contributed by atoms with Crippen LogP contribution in [0.2, 0.25) is 0 Å². The van der Waals surface area contributed by atoms with E-state index in [2.05, 4.69) is 10.3 Å². The van der Waals surface area contributed by atoms with Crippen LogP contribution in [0.5, 0.6) is 11.5 Å². The number of nitrogens with two attached hydrogens (primary N) is 1. The van der Waals surface area contributed by atoms with Crippen molar-refractivity contribution in [3.05, 3.63) is 36.0 Å². The molecule has 1 aliphatic heterocycles. The van der Waals surface area contributed by atoms with E-state index < -0.39 is 0 Å². The molecule has 0 spiro atoms. The quantitative estimate of drug-likeness (QED) is 0.847. The molecule has 0 unspecified atom stereocenters. The van der Waals surface area contributed by atoms with Crippen LogP contribution in [-0.2, 0) is 0 Å². The van der Waals surface area contributed by atoms with Gasteiger partial charge >= 0.3 is 0 Å². The first kappa shape index (κ1) is 10.7. The molecular weight excluding hydrogens is 230 g/mol. The summed E-state index contributed by atoms with van der Waals surface area (Å²) in [5.41, 5.74) is 8.25. The Hall–Kier alpha value is -2.43. The summed E-state index contributed by atoms with van der Waals surface area (Å²) in [4.78, 5) is 4.35. The van der Waals surface area contributed by atoms with Gasteiger partial charge in [0.05, 0.1) is 5.69 Å². The summed E-state index contributed by atoms with van der Waals surface area (Å²) >= 11 is 0. The molecule has 0 bridgehead atoms. The maximum absolute atomic E-state index is 5.87. The molecule has 18 heavy (non-hydrogen) atoms. The number of hydrogen-bond acceptors (Lipinski definition) is 5. The fraction of sp³-hybridized carbons (Fsp3) is 0.154. The lowest BCUT2D eigenvalue weighted by Gasteiger charge is -2.09. The summed E-state index contributed by atoms with van der Waals surface area (Å²) in [6.07, 6.45) is 0. The third-order valence-corrected chi connectivity index (χ3v) is 2.70. The Labute approximate surface area is 105 Å². The van der Waals surface area contributed by atoms with Crippen molar-refractivity contribution in [1.82, 2.24) is 4.98 Å². The summed E-state index contributed by atoms with van der Waals surface area (Å²) in [6.45, 7) is 2.19. The zero-order chi connectivity index (χ0) is 12.5. The Morgan fingerprint density at radius 2 is 2.00 bits per heavy atom. The summed E-state index contributed by atoms with van der Waals surface area (Å²) in [6, 6.07) is 9.33. The second-order valence-corrected chi connectivity index (χ2v) is 4.08. The minimum atomic E-state index is 0.267. The number of nitrogens with one attached hydrogen (secondary N) is 1. The summed E-state index contributed by atoms with van der Waals surface area (Å²) in [5.74, 6) is 2.13. The molecule has 5 heteroatoms. The minimum Gasteiger partial charge on any atom is -0.454 e. The minimum absolute atomic E-state index is 0.267. The molecule has 0 atom stereocenters. The van der Waals surface area contributed by atoms with Crippen molar-refractivity contribution in [3.8, 4) is 11.5 Å². The number of hydrogen-bond donors (Lipinski definition) is 2. The first-order valence-corrected chi connectivity index (χ1v) is 5.62. The number of aromatic nitrogens is 1. The predicted octanol–water partition coefficient (Wildman–Crippen LogP) is 2.44. The van der Waals surface area contributed by atoms with E-state index in [-0.39, 0.29) is 6.79 Å². The van der Waals surface area contributed by atoms with Gasteiger partial charge in [-0.3, -0.25) is 0 Å². The van der Waals surface area contributed by atoms with Gasteiger partial charge in [0.25, 0.3) is 0 Å². The fourth-order valence-corrected chi connectivity index (χ4v) is 1.78. The second-order valence-electron chi connectivity index (χ2n) is 4.08. The summed E-state index contributed by atoms with van der Waals surface area (Å²) in [5, 5.41) is 3.17. The van der Waals surface area contributed by atoms with E-state index >= 15 is 0 Å². The van der Waals surface area contributed by atoms with Crippen LogP contribution in [0.1, 0.15) is 5.69 Å². The molecule has 3 rings (SSSR count). The highest BCUT2D eigenvalue weighted by Gasteiger charge is 2.13. The number of pyridine rings is 1. The topological polar surface area (TPSA) is 69.4 Å². The lowest BCUT2D eigenvalue weighted by atomic mass is 10.2. The molecule has 0 aliphatic carbocycles. The van der Waals surface area contributed by atoms with E-state index in [9.17, 15) is 0 Å². The Morgan fingerprint density at radius 1 is 1.17 bits per heavy atom. The first-order chi connectivity index (χ1) is 8.72. The van der Waals surface area contributed by atoms with E-state index in [0.717, 1.165) is 22.9 Å². The van der Waals surface area contributed by atoms with E-state index in [1.54, 1.807) is 0 Å². The van der Waals surface area contributed by atoms with Crippen molar-refractivity contribution in [1.29, 1.82) is 0 Å². The monoisotopic (exact) mass is 243 g/mol. The van der Waals surface area contributed by atoms with Crippen LogP contribution in [0.4, 0.5) is 17.2 Å². The normalized spacial score (nSPS) is 12.5. The standard InChI is InChI=1S/C13H13N3O2/c1-8-2-4-10(14)13(15-8)16-9-3-5-11-12(6-9)18-7-17-11/h2-6H,7,14H2,1H3,(H,15,16). The van der Waals surface area contributed by atoms with Crippen molar-refractivity contribution in [2.24, 2.45) is 0 Å². The van der Waals surface area contributed by atoms with Crippen LogP contribution >= 0.6 is 0 Å². The summed E-state index contributed by atoms with van der Waals surface area (Å²) in [7, 11) is 0. The van der Waals surface area contributed by atoms with Gasteiger partial charge in [0.15, 0.2) is 17.3 Å². The highest BCUT2D eigenvalue weighted by molar-refractivity contribution is 5.70. The highest BCUT2D eigenvalue weighted by Crippen LogP contribution is 2.35. The van der Waals surface area contributed by atoms with Crippen LogP contribution in [0.3, 0.4) is 0 Å². The molecule has 1 aromatic carbocycles. The molecule has 0 saturated heterocycles. The van der Waals surface area contributed by atoms with Gasteiger partial charge in [-0.05, 0) is 31.2 Å². The number of fused-ring (bicyclic) bond motifs is 1. The van der Waals surface area contributed by atoms with Gasteiger partial charge in [0, 0.05) is 17.4 Å². The molecule has 0 saturated carbocycles. The molecule has 3 N–H and O–H groups in total. The molecule has 92 valence electrons.